The average Bonchev–Trinajstić information content (AvgIpc) is 2.53. The Bertz CT molecular complexity index is 607. The number of unbranched alkanes of at least 4 members (excludes halogenated alkanes) is 1. The van der Waals surface area contributed by atoms with E-state index in [2.05, 4.69) is 6.92 Å². The van der Waals surface area contributed by atoms with Gasteiger partial charge in [-0.25, -0.2) is 0 Å². The molecule has 0 unspecified atom stereocenters. The lowest BCUT2D eigenvalue weighted by Crippen LogP contribution is -2.43. The fourth-order valence-corrected chi connectivity index (χ4v) is 2.89. The van der Waals surface area contributed by atoms with Gasteiger partial charge in [-0.2, -0.15) is 0 Å². The Morgan fingerprint density at radius 1 is 1.09 bits per heavy atom. The molecule has 0 aliphatic carbocycles. The monoisotopic (exact) mass is 297 g/mol. The van der Waals surface area contributed by atoms with E-state index in [-0.39, 0.29) is 11.7 Å². The summed E-state index contributed by atoms with van der Waals surface area (Å²) in [6.07, 6.45) is 3.21. The van der Waals surface area contributed by atoms with Gasteiger partial charge in [0.2, 0.25) is 5.91 Å². The topological polar surface area (TPSA) is 63.3 Å². The number of aromatic hydroxyl groups is 1. The van der Waals surface area contributed by atoms with E-state index in [1.165, 1.54) is 0 Å². The van der Waals surface area contributed by atoms with Gasteiger partial charge in [0, 0.05) is 0 Å². The van der Waals surface area contributed by atoms with Crippen LogP contribution in [0.15, 0.2) is 54.6 Å². The highest BCUT2D eigenvalue weighted by Gasteiger charge is 2.38. The molecular weight excluding hydrogens is 274 g/mol. The van der Waals surface area contributed by atoms with Crippen molar-refractivity contribution in [3.8, 4) is 5.75 Å². The number of amides is 1. The zero-order chi connectivity index (χ0) is 16.0. The summed E-state index contributed by atoms with van der Waals surface area (Å²) in [6, 6.07) is 16.8. The van der Waals surface area contributed by atoms with Gasteiger partial charge in [0.15, 0.2) is 0 Å². The van der Waals surface area contributed by atoms with Gasteiger partial charge in [0.05, 0.1) is 5.41 Å². The Hall–Kier alpha value is -2.29. The number of hydrogen-bond donors (Lipinski definition) is 2. The first-order valence-corrected chi connectivity index (χ1v) is 7.72. The summed E-state index contributed by atoms with van der Waals surface area (Å²) in [5.41, 5.74) is 7.06. The summed E-state index contributed by atoms with van der Waals surface area (Å²) in [7, 11) is 0. The maximum Gasteiger partial charge on any atom is 0.228 e. The maximum atomic E-state index is 12.4. The number of primary amides is 1. The zero-order valence-electron chi connectivity index (χ0n) is 13.0. The van der Waals surface area contributed by atoms with Gasteiger partial charge < -0.3 is 10.8 Å². The first-order valence-electron chi connectivity index (χ1n) is 7.72. The third-order valence-electron chi connectivity index (χ3n) is 4.20. The third-order valence-corrected chi connectivity index (χ3v) is 4.20. The number of hydrogen-bond acceptors (Lipinski definition) is 2. The summed E-state index contributed by atoms with van der Waals surface area (Å²) in [6.45, 7) is 2.10. The number of carbonyl (C=O) groups excluding carboxylic acids is 1. The van der Waals surface area contributed by atoms with Crippen LogP contribution in [-0.4, -0.2) is 11.0 Å². The molecule has 2 aromatic carbocycles. The second kappa shape index (κ2) is 7.12. The minimum Gasteiger partial charge on any atom is -0.508 e. The van der Waals surface area contributed by atoms with Gasteiger partial charge in [0.25, 0.3) is 0 Å². The Labute approximate surface area is 131 Å². The van der Waals surface area contributed by atoms with Crippen molar-refractivity contribution in [2.24, 2.45) is 5.73 Å². The van der Waals surface area contributed by atoms with Crippen LogP contribution in [0.1, 0.15) is 37.3 Å². The quantitative estimate of drug-likeness (QED) is 0.821. The SMILES string of the molecule is CCCC[C@](Cc1ccccc1)(C(N)=O)c1ccc(O)cc1. The number of carbonyl (C=O) groups is 1. The molecule has 2 aromatic rings. The van der Waals surface area contributed by atoms with E-state index in [1.807, 2.05) is 30.3 Å². The lowest BCUT2D eigenvalue weighted by molar-refractivity contribution is -0.123. The molecule has 0 heterocycles. The predicted molar refractivity (Wildman–Crippen MR) is 88.7 cm³/mol. The molecule has 1 amide bonds. The van der Waals surface area contributed by atoms with Crippen molar-refractivity contribution >= 4 is 5.91 Å². The molecule has 3 nitrogen and oxygen atoms in total. The number of phenols is 1. The van der Waals surface area contributed by atoms with Crippen molar-refractivity contribution in [1.82, 2.24) is 0 Å². The van der Waals surface area contributed by atoms with Crippen LogP contribution in [0.4, 0.5) is 0 Å². The zero-order valence-corrected chi connectivity index (χ0v) is 13.0. The highest BCUT2D eigenvalue weighted by atomic mass is 16.3. The number of nitrogens with two attached hydrogens (primary N) is 1. The minimum absolute atomic E-state index is 0.192. The summed E-state index contributed by atoms with van der Waals surface area (Å²) < 4.78 is 0. The minimum atomic E-state index is -0.731. The van der Waals surface area contributed by atoms with Crippen LogP contribution in [0, 0.1) is 0 Å². The molecule has 0 fully saturated rings. The van der Waals surface area contributed by atoms with Gasteiger partial charge in [-0.3, -0.25) is 4.79 Å². The maximum absolute atomic E-state index is 12.4. The molecule has 3 N–H and O–H groups in total. The Kier molecular flexibility index (Phi) is 5.21. The van der Waals surface area contributed by atoms with E-state index in [0.29, 0.717) is 12.8 Å². The Morgan fingerprint density at radius 2 is 1.73 bits per heavy atom. The van der Waals surface area contributed by atoms with Crippen LogP contribution in [-0.2, 0) is 16.6 Å². The van der Waals surface area contributed by atoms with Crippen LogP contribution < -0.4 is 5.73 Å². The Morgan fingerprint density at radius 3 is 2.27 bits per heavy atom. The van der Waals surface area contributed by atoms with E-state index in [0.717, 1.165) is 24.0 Å². The molecule has 0 bridgehead atoms. The largest absolute Gasteiger partial charge is 0.508 e. The van der Waals surface area contributed by atoms with Crippen LogP contribution in [0.25, 0.3) is 0 Å². The van der Waals surface area contributed by atoms with E-state index in [9.17, 15) is 9.90 Å². The summed E-state index contributed by atoms with van der Waals surface area (Å²) >= 11 is 0. The van der Waals surface area contributed by atoms with Gasteiger partial charge in [-0.05, 0) is 36.1 Å². The van der Waals surface area contributed by atoms with Crippen molar-refractivity contribution in [3.63, 3.8) is 0 Å². The molecule has 22 heavy (non-hydrogen) atoms. The van der Waals surface area contributed by atoms with Crippen LogP contribution in [0.5, 0.6) is 5.75 Å². The standard InChI is InChI=1S/C19H23NO2/c1-2-3-13-19(18(20)22,14-15-7-5-4-6-8-15)16-9-11-17(21)12-10-16/h4-12,21H,2-3,13-14H2,1H3,(H2,20,22)/t19-/m1/s1. The molecule has 2 rings (SSSR count). The van der Waals surface area contributed by atoms with Crippen molar-refractivity contribution in [2.45, 2.75) is 38.0 Å². The van der Waals surface area contributed by atoms with Crippen molar-refractivity contribution < 1.29 is 9.90 Å². The molecule has 3 heteroatoms. The van der Waals surface area contributed by atoms with Crippen molar-refractivity contribution in [1.29, 1.82) is 0 Å². The molecule has 0 aliphatic heterocycles. The molecule has 0 radical (unpaired) electrons. The normalized spacial score (nSPS) is 13.5. The lowest BCUT2D eigenvalue weighted by atomic mass is 9.71. The number of phenolic OH excluding ortho intramolecular Hbond substituents is 1. The fourth-order valence-electron chi connectivity index (χ4n) is 2.89. The smallest absolute Gasteiger partial charge is 0.228 e. The Balaban J connectivity index is 2.45. The van der Waals surface area contributed by atoms with Gasteiger partial charge in [0.1, 0.15) is 5.75 Å². The van der Waals surface area contributed by atoms with Gasteiger partial charge in [-0.1, -0.05) is 62.2 Å². The average molecular weight is 297 g/mol. The third kappa shape index (κ3) is 3.48. The first-order chi connectivity index (χ1) is 10.6. The molecule has 0 spiro atoms. The van der Waals surface area contributed by atoms with Gasteiger partial charge >= 0.3 is 0 Å². The van der Waals surface area contributed by atoms with Crippen LogP contribution >= 0.6 is 0 Å². The predicted octanol–water partition coefficient (Wildman–Crippen LogP) is 3.55. The van der Waals surface area contributed by atoms with Crippen LogP contribution in [0.3, 0.4) is 0 Å². The lowest BCUT2D eigenvalue weighted by Gasteiger charge is -2.31. The molecule has 0 saturated carbocycles. The van der Waals surface area contributed by atoms with E-state index < -0.39 is 5.41 Å². The molecular formula is C19H23NO2. The highest BCUT2D eigenvalue weighted by Crippen LogP contribution is 2.34. The molecule has 0 aliphatic rings. The summed E-state index contributed by atoms with van der Waals surface area (Å²) in [5, 5.41) is 9.51. The van der Waals surface area contributed by atoms with Crippen LogP contribution in [0.2, 0.25) is 0 Å². The highest BCUT2D eigenvalue weighted by molar-refractivity contribution is 5.87. The first kappa shape index (κ1) is 16.1. The molecule has 1 atom stereocenters. The van der Waals surface area contributed by atoms with Gasteiger partial charge in [-0.15, -0.1) is 0 Å². The van der Waals surface area contributed by atoms with E-state index in [1.54, 1.807) is 24.3 Å². The summed E-state index contributed by atoms with van der Waals surface area (Å²) in [4.78, 5) is 12.4. The number of rotatable bonds is 7. The molecule has 0 aromatic heterocycles. The second-order valence-electron chi connectivity index (χ2n) is 5.76. The number of benzene rings is 2. The fraction of sp³-hybridized carbons (Fsp3) is 0.316. The second-order valence-corrected chi connectivity index (χ2v) is 5.76. The summed E-state index contributed by atoms with van der Waals surface area (Å²) in [5.74, 6) is -0.118. The molecule has 0 saturated heterocycles. The van der Waals surface area contributed by atoms with Crippen molar-refractivity contribution in [2.75, 3.05) is 0 Å². The van der Waals surface area contributed by atoms with E-state index >= 15 is 0 Å². The van der Waals surface area contributed by atoms with E-state index in [4.69, 9.17) is 5.73 Å². The van der Waals surface area contributed by atoms with Crippen molar-refractivity contribution in [3.05, 3.63) is 65.7 Å². The molecule has 116 valence electrons.